The largest absolute Gasteiger partial charge is 0.299 e. The van der Waals surface area contributed by atoms with E-state index in [1.54, 1.807) is 0 Å². The second kappa shape index (κ2) is 4.31. The van der Waals surface area contributed by atoms with Crippen LogP contribution in [0.3, 0.4) is 0 Å². The van der Waals surface area contributed by atoms with Gasteiger partial charge in [0, 0.05) is 12.6 Å². The van der Waals surface area contributed by atoms with Crippen LogP contribution in [-0.4, -0.2) is 24.0 Å². The predicted molar refractivity (Wildman–Crippen MR) is 56.7 cm³/mol. The number of fused-ring (bicyclic) bond motifs is 1. The Morgan fingerprint density at radius 3 is 2.93 bits per heavy atom. The SMILES string of the molecule is CC(C#N)CN1CC[C@@H]2CCCC[C@@H]21. The van der Waals surface area contributed by atoms with E-state index in [9.17, 15) is 0 Å². The van der Waals surface area contributed by atoms with E-state index in [4.69, 9.17) is 5.26 Å². The van der Waals surface area contributed by atoms with Crippen LogP contribution in [0, 0.1) is 23.2 Å². The van der Waals surface area contributed by atoms with Gasteiger partial charge in [-0.15, -0.1) is 0 Å². The van der Waals surface area contributed by atoms with Crippen LogP contribution in [0.4, 0.5) is 0 Å². The molecular weight excluding hydrogens is 172 g/mol. The molecule has 1 saturated carbocycles. The predicted octanol–water partition coefficient (Wildman–Crippen LogP) is 2.41. The Bertz CT molecular complexity index is 231. The fourth-order valence-electron chi connectivity index (χ4n) is 3.12. The van der Waals surface area contributed by atoms with Gasteiger partial charge in [0.25, 0.3) is 0 Å². The Morgan fingerprint density at radius 2 is 2.14 bits per heavy atom. The number of nitriles is 1. The summed E-state index contributed by atoms with van der Waals surface area (Å²) in [6.45, 7) is 4.27. The monoisotopic (exact) mass is 192 g/mol. The third-order valence-electron chi connectivity index (χ3n) is 3.85. The van der Waals surface area contributed by atoms with Gasteiger partial charge in [-0.05, 0) is 38.6 Å². The second-order valence-electron chi connectivity index (χ2n) is 4.93. The zero-order chi connectivity index (χ0) is 9.97. The van der Waals surface area contributed by atoms with Crippen molar-refractivity contribution in [3.8, 4) is 6.07 Å². The van der Waals surface area contributed by atoms with Crippen LogP contribution in [-0.2, 0) is 0 Å². The van der Waals surface area contributed by atoms with E-state index in [0.29, 0.717) is 0 Å². The lowest BCUT2D eigenvalue weighted by molar-refractivity contribution is 0.173. The Hall–Kier alpha value is -0.550. The van der Waals surface area contributed by atoms with Crippen molar-refractivity contribution in [1.29, 1.82) is 5.26 Å². The van der Waals surface area contributed by atoms with Crippen molar-refractivity contribution in [2.75, 3.05) is 13.1 Å². The van der Waals surface area contributed by atoms with E-state index in [-0.39, 0.29) is 5.92 Å². The van der Waals surface area contributed by atoms with E-state index in [1.807, 2.05) is 6.92 Å². The maximum atomic E-state index is 8.81. The van der Waals surface area contributed by atoms with E-state index in [2.05, 4.69) is 11.0 Å². The molecule has 2 heteroatoms. The van der Waals surface area contributed by atoms with E-state index >= 15 is 0 Å². The molecule has 0 bridgehead atoms. The molecule has 2 fully saturated rings. The number of likely N-dealkylation sites (tertiary alicyclic amines) is 1. The van der Waals surface area contributed by atoms with Crippen molar-refractivity contribution in [1.82, 2.24) is 4.90 Å². The van der Waals surface area contributed by atoms with Crippen LogP contribution in [0.2, 0.25) is 0 Å². The highest BCUT2D eigenvalue weighted by Gasteiger charge is 2.35. The molecule has 0 aromatic heterocycles. The zero-order valence-electron chi connectivity index (χ0n) is 9.08. The standard InChI is InChI=1S/C12H20N2/c1-10(8-13)9-14-7-6-11-4-2-3-5-12(11)14/h10-12H,2-7,9H2,1H3/t10?,11-,12-/m0/s1. The van der Waals surface area contributed by atoms with Gasteiger partial charge < -0.3 is 0 Å². The molecule has 0 amide bonds. The molecule has 0 aromatic carbocycles. The van der Waals surface area contributed by atoms with Crippen molar-refractivity contribution in [3.63, 3.8) is 0 Å². The molecule has 2 nitrogen and oxygen atoms in total. The summed E-state index contributed by atoms with van der Waals surface area (Å²) in [4.78, 5) is 2.57. The van der Waals surface area contributed by atoms with Crippen molar-refractivity contribution < 1.29 is 0 Å². The molecule has 1 aliphatic carbocycles. The Morgan fingerprint density at radius 1 is 1.36 bits per heavy atom. The number of hydrogen-bond donors (Lipinski definition) is 0. The lowest BCUT2D eigenvalue weighted by atomic mass is 9.85. The molecule has 2 aliphatic rings. The summed E-state index contributed by atoms with van der Waals surface area (Å²) in [5.41, 5.74) is 0. The zero-order valence-corrected chi connectivity index (χ0v) is 9.08. The lowest BCUT2D eigenvalue weighted by Crippen LogP contribution is -2.37. The summed E-state index contributed by atoms with van der Waals surface area (Å²) in [6, 6.07) is 3.16. The number of nitrogens with zero attached hydrogens (tertiary/aromatic N) is 2. The van der Waals surface area contributed by atoms with Crippen molar-refractivity contribution in [2.24, 2.45) is 11.8 Å². The molecular formula is C12H20N2. The maximum Gasteiger partial charge on any atom is 0.0666 e. The Labute approximate surface area is 86.9 Å². The number of rotatable bonds is 2. The van der Waals surface area contributed by atoms with Crippen LogP contribution in [0.15, 0.2) is 0 Å². The molecule has 1 unspecified atom stereocenters. The van der Waals surface area contributed by atoms with Crippen molar-refractivity contribution >= 4 is 0 Å². The highest BCUT2D eigenvalue weighted by molar-refractivity contribution is 4.92. The van der Waals surface area contributed by atoms with Crippen LogP contribution in [0.1, 0.15) is 39.0 Å². The number of hydrogen-bond acceptors (Lipinski definition) is 2. The van der Waals surface area contributed by atoms with Gasteiger partial charge in [0.05, 0.1) is 12.0 Å². The van der Waals surface area contributed by atoms with Gasteiger partial charge in [-0.25, -0.2) is 0 Å². The highest BCUT2D eigenvalue weighted by Crippen LogP contribution is 2.36. The molecule has 78 valence electrons. The summed E-state index contributed by atoms with van der Waals surface area (Å²) in [7, 11) is 0. The van der Waals surface area contributed by atoms with Crippen LogP contribution >= 0.6 is 0 Å². The molecule has 1 saturated heterocycles. The molecule has 0 radical (unpaired) electrons. The molecule has 1 heterocycles. The minimum Gasteiger partial charge on any atom is -0.299 e. The summed E-state index contributed by atoms with van der Waals surface area (Å²) in [5, 5.41) is 8.81. The second-order valence-corrected chi connectivity index (χ2v) is 4.93. The van der Waals surface area contributed by atoms with Crippen LogP contribution in [0.5, 0.6) is 0 Å². The van der Waals surface area contributed by atoms with Gasteiger partial charge in [-0.3, -0.25) is 4.90 Å². The third kappa shape index (κ3) is 1.93. The quantitative estimate of drug-likeness (QED) is 0.672. The van der Waals surface area contributed by atoms with E-state index in [1.165, 1.54) is 38.6 Å². The summed E-state index contributed by atoms with van der Waals surface area (Å²) in [5.74, 6) is 1.16. The van der Waals surface area contributed by atoms with Gasteiger partial charge in [-0.1, -0.05) is 12.8 Å². The van der Waals surface area contributed by atoms with E-state index in [0.717, 1.165) is 18.5 Å². The molecule has 14 heavy (non-hydrogen) atoms. The van der Waals surface area contributed by atoms with Gasteiger partial charge in [0.2, 0.25) is 0 Å². The first kappa shape index (κ1) is 9.98. The summed E-state index contributed by atoms with van der Waals surface area (Å²) in [6.07, 6.45) is 7.02. The van der Waals surface area contributed by atoms with Crippen molar-refractivity contribution in [2.45, 2.75) is 45.1 Å². The first-order valence-electron chi connectivity index (χ1n) is 5.95. The average Bonchev–Trinajstić information content (AvgIpc) is 2.62. The molecule has 0 aromatic rings. The van der Waals surface area contributed by atoms with E-state index < -0.39 is 0 Å². The fraction of sp³-hybridized carbons (Fsp3) is 0.917. The average molecular weight is 192 g/mol. The van der Waals surface area contributed by atoms with Crippen LogP contribution < -0.4 is 0 Å². The molecule has 0 N–H and O–H groups in total. The Kier molecular flexibility index (Phi) is 3.08. The molecule has 0 spiro atoms. The first-order chi connectivity index (χ1) is 6.81. The summed E-state index contributed by atoms with van der Waals surface area (Å²) < 4.78 is 0. The normalized spacial score (nSPS) is 34.9. The highest BCUT2D eigenvalue weighted by atomic mass is 15.2. The van der Waals surface area contributed by atoms with Gasteiger partial charge in [0.1, 0.15) is 0 Å². The minimum absolute atomic E-state index is 0.204. The minimum atomic E-state index is 0.204. The Balaban J connectivity index is 1.91. The van der Waals surface area contributed by atoms with Gasteiger partial charge in [0.15, 0.2) is 0 Å². The topological polar surface area (TPSA) is 27.0 Å². The van der Waals surface area contributed by atoms with Gasteiger partial charge >= 0.3 is 0 Å². The lowest BCUT2D eigenvalue weighted by Gasteiger charge is -2.32. The molecule has 1 aliphatic heterocycles. The fourth-order valence-corrected chi connectivity index (χ4v) is 3.12. The first-order valence-corrected chi connectivity index (χ1v) is 5.95. The molecule has 2 rings (SSSR count). The maximum absolute atomic E-state index is 8.81. The third-order valence-corrected chi connectivity index (χ3v) is 3.85. The van der Waals surface area contributed by atoms with Crippen molar-refractivity contribution in [3.05, 3.63) is 0 Å². The summed E-state index contributed by atoms with van der Waals surface area (Å²) >= 11 is 0. The van der Waals surface area contributed by atoms with Gasteiger partial charge in [-0.2, -0.15) is 5.26 Å². The molecule has 3 atom stereocenters. The smallest absolute Gasteiger partial charge is 0.0666 e. The van der Waals surface area contributed by atoms with Crippen LogP contribution in [0.25, 0.3) is 0 Å².